The molecule has 0 aliphatic carbocycles. The lowest BCUT2D eigenvalue weighted by atomic mass is 10.2. The van der Waals surface area contributed by atoms with Gasteiger partial charge in [0.1, 0.15) is 14.3 Å². The third kappa shape index (κ3) is 13.6. The van der Waals surface area contributed by atoms with Gasteiger partial charge in [-0.2, -0.15) is 4.99 Å². The highest BCUT2D eigenvalue weighted by molar-refractivity contribution is 9.93. The topological polar surface area (TPSA) is 45.5 Å². The van der Waals surface area contributed by atoms with Crippen LogP contribution in [-0.4, -0.2) is 21.3 Å². The molecule has 10 heteroatoms. The summed E-state index contributed by atoms with van der Waals surface area (Å²) in [6.07, 6.45) is 5.32. The fraction of sp³-hybridized carbons (Fsp3) is 0.250. The minimum atomic E-state index is -0.183. The number of halogens is 6. The van der Waals surface area contributed by atoms with Crippen LogP contribution in [0.25, 0.3) is 0 Å². The quantitative estimate of drug-likeness (QED) is 0.169. The summed E-state index contributed by atoms with van der Waals surface area (Å²) in [5, 5.41) is 10.4. The van der Waals surface area contributed by atoms with Crippen molar-refractivity contribution in [3.8, 4) is 0 Å². The van der Waals surface area contributed by atoms with E-state index in [0.717, 1.165) is 10.9 Å². The van der Waals surface area contributed by atoms with Crippen LogP contribution in [0.1, 0.15) is 5.56 Å². The lowest BCUT2D eigenvalue weighted by Gasteiger charge is -2.01. The number of hydrogen-bond donors (Lipinski definition) is 1. The molecule has 0 saturated carbocycles. The summed E-state index contributed by atoms with van der Waals surface area (Å²) < 4.78 is -0.183. The van der Waals surface area contributed by atoms with Crippen molar-refractivity contribution in [2.75, 3.05) is 5.33 Å². The summed E-state index contributed by atoms with van der Waals surface area (Å²) in [5.74, 6) is 3.06. The molecule has 0 radical (unpaired) electrons. The zero-order chi connectivity index (χ0) is 17.0. The van der Waals surface area contributed by atoms with E-state index in [4.69, 9.17) is 28.3 Å². The highest BCUT2D eigenvalue weighted by Gasteiger charge is 2.02. The van der Waals surface area contributed by atoms with Gasteiger partial charge >= 0.3 is 0 Å². The van der Waals surface area contributed by atoms with Crippen molar-refractivity contribution in [3.63, 3.8) is 0 Å². The van der Waals surface area contributed by atoms with Crippen LogP contribution in [0.2, 0.25) is 5.15 Å². The molecule has 0 spiro atoms. The molecule has 0 saturated heterocycles. The lowest BCUT2D eigenvalue weighted by molar-refractivity contribution is 0.281. The Hall–Kier alpha value is 1.23. The Kier molecular flexibility index (Phi) is 15.4. The van der Waals surface area contributed by atoms with Crippen LogP contribution in [0.4, 0.5) is 0 Å². The lowest BCUT2D eigenvalue weighted by Crippen LogP contribution is -1.95. The summed E-state index contributed by atoms with van der Waals surface area (Å²) in [7, 11) is 0. The van der Waals surface area contributed by atoms with Crippen LogP contribution in [0.15, 0.2) is 40.6 Å². The van der Waals surface area contributed by atoms with Crippen LogP contribution in [0, 0.1) is 5.92 Å². The Labute approximate surface area is 173 Å². The van der Waals surface area contributed by atoms with Gasteiger partial charge in [0.15, 0.2) is 0 Å². The Bertz CT molecular complexity index is 537. The minimum absolute atomic E-state index is 0.0161. The van der Waals surface area contributed by atoms with E-state index in [0.29, 0.717) is 16.2 Å². The standard InChI is InChI=1S/C6H5BrClN.C6H6ClNO.Br3P/c7-4-5-1-2-9-6(8)3-5;7-6-3-5(4-9)1-2-8-6;1-4(2)3/h1,3,5H,4H2;1-3,9H,4H2;. The third-order valence-electron chi connectivity index (χ3n) is 1.96. The van der Waals surface area contributed by atoms with Gasteiger partial charge in [0.25, 0.3) is 0 Å². The second-order valence-electron chi connectivity index (χ2n) is 3.55. The summed E-state index contributed by atoms with van der Waals surface area (Å²) in [4.78, 5) is 7.47. The first-order chi connectivity index (χ1) is 10.4. The monoisotopic (exact) mass is 616 g/mol. The molecule has 0 fully saturated rings. The maximum atomic E-state index is 8.58. The molecule has 1 aliphatic rings. The summed E-state index contributed by atoms with van der Waals surface area (Å²) >= 11 is 23.9. The predicted octanol–water partition coefficient (Wildman–Crippen LogP) is 6.94. The molecule has 1 unspecified atom stereocenters. The molecule has 122 valence electrons. The Morgan fingerprint density at radius 1 is 1.32 bits per heavy atom. The molecule has 22 heavy (non-hydrogen) atoms. The fourth-order valence-electron chi connectivity index (χ4n) is 1.09. The maximum absolute atomic E-state index is 8.58. The van der Waals surface area contributed by atoms with Crippen LogP contribution in [0.5, 0.6) is 0 Å². The van der Waals surface area contributed by atoms with E-state index in [1.54, 1.807) is 18.3 Å². The van der Waals surface area contributed by atoms with E-state index in [1.165, 1.54) is 0 Å². The van der Waals surface area contributed by atoms with Gasteiger partial charge in [-0.25, -0.2) is 4.98 Å². The number of rotatable bonds is 2. The molecule has 1 aromatic heterocycles. The smallest absolute Gasteiger partial charge is 0.135 e. The van der Waals surface area contributed by atoms with Crippen molar-refractivity contribution in [1.82, 2.24) is 4.98 Å². The van der Waals surface area contributed by atoms with Gasteiger partial charge in [0.05, 0.1) is 6.61 Å². The van der Waals surface area contributed by atoms with Gasteiger partial charge in [-0.15, -0.1) is 0 Å². The highest BCUT2D eigenvalue weighted by atomic mass is 80.0. The molecule has 2 heterocycles. The zero-order valence-corrected chi connectivity index (χ0v) is 19.7. The largest absolute Gasteiger partial charge is 0.392 e. The van der Waals surface area contributed by atoms with Crippen molar-refractivity contribution >= 4 is 95.5 Å². The number of aliphatic imine (C=N–C) groups is 1. The van der Waals surface area contributed by atoms with Gasteiger partial charge in [0, 0.05) is 17.4 Å². The maximum Gasteiger partial charge on any atom is 0.135 e. The molecule has 2 rings (SSSR count). The fourth-order valence-corrected chi connectivity index (χ4v) is 1.87. The number of aliphatic hydroxyl groups is 1. The minimum Gasteiger partial charge on any atom is -0.392 e. The van der Waals surface area contributed by atoms with Crippen molar-refractivity contribution in [1.29, 1.82) is 0 Å². The van der Waals surface area contributed by atoms with E-state index in [1.807, 2.05) is 12.2 Å². The Morgan fingerprint density at radius 3 is 2.32 bits per heavy atom. The first-order valence-corrected chi connectivity index (χ1v) is 14.9. The molecular formula is C12H11Br4Cl2N2OP. The number of allylic oxidation sites excluding steroid dienone is 2. The normalized spacial score (nSPS) is 15.5. The second-order valence-corrected chi connectivity index (χ2v) is 20.3. The van der Waals surface area contributed by atoms with Crippen molar-refractivity contribution in [2.45, 2.75) is 6.61 Å². The molecule has 0 bridgehead atoms. The third-order valence-corrected chi connectivity index (χ3v) is 3.13. The summed E-state index contributed by atoms with van der Waals surface area (Å²) in [6.45, 7) is 0.0161. The summed E-state index contributed by atoms with van der Waals surface area (Å²) in [6, 6.07) is 3.34. The van der Waals surface area contributed by atoms with Crippen LogP contribution in [-0.2, 0) is 6.61 Å². The van der Waals surface area contributed by atoms with E-state index in [2.05, 4.69) is 78.2 Å². The number of aliphatic hydroxyl groups excluding tert-OH is 1. The van der Waals surface area contributed by atoms with E-state index < -0.39 is 0 Å². The van der Waals surface area contributed by atoms with Crippen molar-refractivity contribution < 1.29 is 5.11 Å². The van der Waals surface area contributed by atoms with Crippen molar-refractivity contribution in [2.24, 2.45) is 10.9 Å². The first kappa shape index (κ1) is 23.2. The first-order valence-electron chi connectivity index (χ1n) is 5.60. The zero-order valence-electron chi connectivity index (χ0n) is 10.9. The Balaban J connectivity index is 0.000000326. The number of pyridine rings is 1. The molecule has 0 aromatic carbocycles. The van der Waals surface area contributed by atoms with E-state index in [-0.39, 0.29) is 10.6 Å². The van der Waals surface area contributed by atoms with E-state index in [9.17, 15) is 0 Å². The summed E-state index contributed by atoms with van der Waals surface area (Å²) in [5.41, 5.74) is 0.787. The molecular weight excluding hydrogens is 610 g/mol. The van der Waals surface area contributed by atoms with Gasteiger partial charge in [-0.3, -0.25) is 0 Å². The van der Waals surface area contributed by atoms with Gasteiger partial charge in [0.2, 0.25) is 0 Å². The molecule has 3 nitrogen and oxygen atoms in total. The Morgan fingerprint density at radius 2 is 1.95 bits per heavy atom. The molecule has 1 N–H and O–H groups in total. The number of alkyl halides is 1. The van der Waals surface area contributed by atoms with E-state index >= 15 is 0 Å². The number of hydrogen-bond acceptors (Lipinski definition) is 3. The highest BCUT2D eigenvalue weighted by Crippen LogP contribution is 2.59. The van der Waals surface area contributed by atoms with Gasteiger partial charge < -0.3 is 5.11 Å². The van der Waals surface area contributed by atoms with Gasteiger partial charge in [-0.1, -0.05) is 39.1 Å². The number of aromatic nitrogens is 1. The molecule has 1 aliphatic heterocycles. The van der Waals surface area contributed by atoms with Crippen LogP contribution in [0.3, 0.4) is 0 Å². The van der Waals surface area contributed by atoms with Crippen LogP contribution >= 0.6 is 89.6 Å². The number of nitrogens with zero attached hydrogens (tertiary/aromatic N) is 2. The van der Waals surface area contributed by atoms with Crippen molar-refractivity contribution in [3.05, 3.63) is 46.4 Å². The average Bonchev–Trinajstić information content (AvgIpc) is 2.47. The molecule has 1 aromatic rings. The predicted molar refractivity (Wildman–Crippen MR) is 112 cm³/mol. The van der Waals surface area contributed by atoms with Gasteiger partial charge in [-0.05, 0) is 82.2 Å². The molecule has 0 amide bonds. The molecule has 1 atom stereocenters. The average molecular weight is 621 g/mol. The second kappa shape index (κ2) is 14.6. The SMILES string of the molecule is BrP(Br)Br.ClC1=CC(CBr)C=C=N1.OCc1ccnc(Cl)c1. The van der Waals surface area contributed by atoms with Crippen LogP contribution < -0.4 is 0 Å².